The minimum Gasteiger partial charge on any atom is -0.316 e. The summed E-state index contributed by atoms with van der Waals surface area (Å²) >= 11 is 0. The van der Waals surface area contributed by atoms with Gasteiger partial charge in [-0.25, -0.2) is 4.79 Å². The number of amides is 1. The van der Waals surface area contributed by atoms with E-state index in [2.05, 4.69) is 5.32 Å². The molecule has 0 radical (unpaired) electrons. The van der Waals surface area contributed by atoms with E-state index in [0.717, 1.165) is 49.4 Å². The monoisotopic (exact) mass is 335 g/mol. The fourth-order valence-electron chi connectivity index (χ4n) is 5.60. The van der Waals surface area contributed by atoms with E-state index in [1.807, 2.05) is 0 Å². The van der Waals surface area contributed by atoms with Gasteiger partial charge in [-0.05, 0) is 31.6 Å². The molecule has 138 valence electrons. The second kappa shape index (κ2) is 9.33. The zero-order valence-electron chi connectivity index (χ0n) is 15.7. The molecule has 0 aromatic heterocycles. The van der Waals surface area contributed by atoms with Crippen LogP contribution in [0.25, 0.3) is 0 Å². The first-order valence-electron chi connectivity index (χ1n) is 10.9. The Kier molecular flexibility index (Phi) is 7.15. The Morgan fingerprint density at radius 2 is 1.50 bits per heavy atom. The van der Waals surface area contributed by atoms with Crippen LogP contribution < -0.4 is 5.32 Å². The van der Waals surface area contributed by atoms with Crippen LogP contribution in [-0.2, 0) is 4.79 Å². The summed E-state index contributed by atoms with van der Waals surface area (Å²) in [5.74, 6) is 1.56. The molecule has 1 N–H and O–H groups in total. The highest BCUT2D eigenvalue weighted by Crippen LogP contribution is 2.31. The van der Waals surface area contributed by atoms with E-state index >= 15 is 0 Å². The second-order valence-corrected chi connectivity index (χ2v) is 8.67. The van der Waals surface area contributed by atoms with Crippen LogP contribution in [0.15, 0.2) is 0 Å². The van der Waals surface area contributed by atoms with Gasteiger partial charge in [0.2, 0.25) is 0 Å². The maximum absolute atomic E-state index is 13.2. The Bertz CT molecular complexity index is 377. The molecule has 2 heterocycles. The average molecular weight is 336 g/mol. The molecule has 1 amide bonds. The molecule has 0 atom stereocenters. The number of quaternary nitrogens is 1. The lowest BCUT2D eigenvalue weighted by molar-refractivity contribution is -0.885. The van der Waals surface area contributed by atoms with Crippen molar-refractivity contribution in [3.63, 3.8) is 0 Å². The topological polar surface area (TPSA) is 29.1 Å². The van der Waals surface area contributed by atoms with Crippen LogP contribution in [0.4, 0.5) is 0 Å². The molecule has 0 aromatic rings. The fourth-order valence-corrected chi connectivity index (χ4v) is 5.60. The van der Waals surface area contributed by atoms with Crippen LogP contribution in [-0.4, -0.2) is 42.6 Å². The standard InChI is InChI=1S/C21H39N2O/c24-21(12-6-5-11-19-9-3-1-4-10-19)23(17-7-2-8-18-23)20-13-15-22-16-14-20/h19-20,22H,1-18H2/q+1. The molecule has 3 rings (SSSR count). The summed E-state index contributed by atoms with van der Waals surface area (Å²) in [5, 5.41) is 3.48. The van der Waals surface area contributed by atoms with E-state index in [0.29, 0.717) is 11.9 Å². The summed E-state index contributed by atoms with van der Waals surface area (Å²) in [6.45, 7) is 4.48. The van der Waals surface area contributed by atoms with Crippen LogP contribution in [0.2, 0.25) is 0 Å². The van der Waals surface area contributed by atoms with Gasteiger partial charge in [-0.15, -0.1) is 0 Å². The van der Waals surface area contributed by atoms with Crippen LogP contribution in [0, 0.1) is 5.92 Å². The number of nitrogens with zero attached hydrogens (tertiary/aromatic N) is 1. The number of likely N-dealkylation sites (tertiary alicyclic amines) is 1. The smallest absolute Gasteiger partial charge is 0.313 e. The van der Waals surface area contributed by atoms with Crippen molar-refractivity contribution in [2.75, 3.05) is 26.2 Å². The van der Waals surface area contributed by atoms with Gasteiger partial charge >= 0.3 is 5.91 Å². The van der Waals surface area contributed by atoms with Crippen molar-refractivity contribution >= 4 is 5.91 Å². The third-order valence-electron chi connectivity index (χ3n) is 7.10. The Morgan fingerprint density at radius 3 is 2.21 bits per heavy atom. The second-order valence-electron chi connectivity index (χ2n) is 8.67. The molecule has 2 saturated heterocycles. The highest BCUT2D eigenvalue weighted by Gasteiger charge is 2.44. The minimum atomic E-state index is 0.588. The van der Waals surface area contributed by atoms with Gasteiger partial charge in [0, 0.05) is 25.9 Å². The van der Waals surface area contributed by atoms with Crippen molar-refractivity contribution in [2.45, 2.75) is 95.9 Å². The zero-order valence-corrected chi connectivity index (χ0v) is 15.7. The van der Waals surface area contributed by atoms with Gasteiger partial charge in [-0.2, -0.15) is 0 Å². The van der Waals surface area contributed by atoms with E-state index in [1.165, 1.54) is 77.0 Å². The first kappa shape index (κ1) is 18.4. The van der Waals surface area contributed by atoms with E-state index < -0.39 is 0 Å². The maximum Gasteiger partial charge on any atom is 0.313 e. The maximum atomic E-state index is 13.2. The van der Waals surface area contributed by atoms with Crippen molar-refractivity contribution in [1.29, 1.82) is 0 Å². The van der Waals surface area contributed by atoms with Crippen LogP contribution in [0.5, 0.6) is 0 Å². The van der Waals surface area contributed by atoms with Crippen LogP contribution in [0.3, 0.4) is 0 Å². The van der Waals surface area contributed by atoms with E-state index in [9.17, 15) is 4.79 Å². The largest absolute Gasteiger partial charge is 0.316 e. The lowest BCUT2D eigenvalue weighted by Crippen LogP contribution is -2.63. The number of hydrogen-bond acceptors (Lipinski definition) is 2. The molecule has 0 aromatic carbocycles. The van der Waals surface area contributed by atoms with Crippen LogP contribution in [0.1, 0.15) is 89.9 Å². The summed E-state index contributed by atoms with van der Waals surface area (Å²) in [7, 11) is 0. The van der Waals surface area contributed by atoms with E-state index in [4.69, 9.17) is 0 Å². The number of nitrogens with one attached hydrogen (secondary N) is 1. The zero-order chi connectivity index (χ0) is 16.7. The number of unbranched alkanes of at least 4 members (excludes halogenated alkanes) is 1. The molecule has 0 spiro atoms. The van der Waals surface area contributed by atoms with Gasteiger partial charge in [-0.1, -0.05) is 44.9 Å². The molecule has 1 aliphatic carbocycles. The third kappa shape index (κ3) is 4.60. The summed E-state index contributed by atoms with van der Waals surface area (Å²) in [5.41, 5.74) is 0. The summed E-state index contributed by atoms with van der Waals surface area (Å²) in [6, 6.07) is 0.609. The van der Waals surface area contributed by atoms with Gasteiger partial charge in [0.05, 0.1) is 25.6 Å². The van der Waals surface area contributed by atoms with Crippen molar-refractivity contribution in [3.8, 4) is 0 Å². The third-order valence-corrected chi connectivity index (χ3v) is 7.10. The molecule has 3 aliphatic rings. The van der Waals surface area contributed by atoms with Gasteiger partial charge in [0.15, 0.2) is 0 Å². The van der Waals surface area contributed by atoms with Crippen molar-refractivity contribution < 1.29 is 9.28 Å². The number of rotatable bonds is 6. The van der Waals surface area contributed by atoms with Crippen molar-refractivity contribution in [1.82, 2.24) is 5.32 Å². The molecule has 2 aliphatic heterocycles. The summed E-state index contributed by atoms with van der Waals surface area (Å²) in [6.07, 6.45) is 18.1. The molecule has 0 bridgehead atoms. The molecular formula is C21H39N2O+. The summed E-state index contributed by atoms with van der Waals surface area (Å²) < 4.78 is 0.852. The Morgan fingerprint density at radius 1 is 0.833 bits per heavy atom. The lowest BCUT2D eigenvalue weighted by atomic mass is 9.85. The molecule has 3 heteroatoms. The predicted molar refractivity (Wildman–Crippen MR) is 99.8 cm³/mol. The quantitative estimate of drug-likeness (QED) is 0.575. The predicted octanol–water partition coefficient (Wildman–Crippen LogP) is 4.41. The molecule has 3 nitrogen and oxygen atoms in total. The number of carbonyl (C=O) groups is 1. The summed E-state index contributed by atoms with van der Waals surface area (Å²) in [4.78, 5) is 13.2. The van der Waals surface area contributed by atoms with Gasteiger partial charge < -0.3 is 5.32 Å². The minimum absolute atomic E-state index is 0.588. The first-order valence-corrected chi connectivity index (χ1v) is 10.9. The van der Waals surface area contributed by atoms with Gasteiger partial charge in [-0.3, -0.25) is 4.48 Å². The highest BCUT2D eigenvalue weighted by molar-refractivity contribution is 5.69. The Hall–Kier alpha value is -0.410. The molecule has 1 saturated carbocycles. The molecule has 3 fully saturated rings. The average Bonchev–Trinajstić information content (AvgIpc) is 2.67. The van der Waals surface area contributed by atoms with Gasteiger partial charge in [0.25, 0.3) is 0 Å². The van der Waals surface area contributed by atoms with Crippen LogP contribution >= 0.6 is 0 Å². The van der Waals surface area contributed by atoms with Crippen molar-refractivity contribution in [2.24, 2.45) is 5.92 Å². The number of carbonyl (C=O) groups excluding carboxylic acids is 1. The molecule has 0 unspecified atom stereocenters. The molecular weight excluding hydrogens is 296 g/mol. The molecule has 24 heavy (non-hydrogen) atoms. The van der Waals surface area contributed by atoms with Crippen molar-refractivity contribution in [3.05, 3.63) is 0 Å². The van der Waals surface area contributed by atoms with E-state index in [-0.39, 0.29) is 0 Å². The Balaban J connectivity index is 1.47. The SMILES string of the molecule is O=C(CCCCC1CCCCC1)[N+]1(C2CCNCC2)CCCCC1. The van der Waals surface area contributed by atoms with Gasteiger partial charge in [0.1, 0.15) is 0 Å². The number of piperidine rings is 2. The number of hydrogen-bond donors (Lipinski definition) is 1. The highest BCUT2D eigenvalue weighted by atomic mass is 16.2. The normalized spacial score (nSPS) is 26.3. The fraction of sp³-hybridized carbons (Fsp3) is 0.952. The first-order chi connectivity index (χ1) is 11.8. The lowest BCUT2D eigenvalue weighted by Gasteiger charge is -2.46. The Labute approximate surface area is 149 Å². The van der Waals surface area contributed by atoms with E-state index in [1.54, 1.807) is 0 Å².